The Labute approximate surface area is 174 Å². The van der Waals surface area contributed by atoms with E-state index in [0.29, 0.717) is 11.3 Å². The van der Waals surface area contributed by atoms with Gasteiger partial charge in [0.15, 0.2) is 11.6 Å². The number of nitrogens with zero attached hydrogens (tertiary/aromatic N) is 1. The SMILES string of the molecule is Cc1ccc(S(=O)(=O)N(C)c2ccc(C(=O)Nc3ccc(F)c(F)c3)cc2C)cc1. The molecule has 0 aliphatic carbocycles. The number of halogens is 2. The Kier molecular flexibility index (Phi) is 5.89. The van der Waals surface area contributed by atoms with Gasteiger partial charge in [-0.3, -0.25) is 9.10 Å². The first-order valence-corrected chi connectivity index (χ1v) is 10.5. The van der Waals surface area contributed by atoms with Gasteiger partial charge >= 0.3 is 0 Å². The molecule has 0 unspecified atom stereocenters. The van der Waals surface area contributed by atoms with Crippen LogP contribution in [-0.4, -0.2) is 21.4 Å². The number of nitrogens with one attached hydrogen (secondary N) is 1. The summed E-state index contributed by atoms with van der Waals surface area (Å²) in [6.45, 7) is 3.55. The lowest BCUT2D eigenvalue weighted by Gasteiger charge is -2.22. The Balaban J connectivity index is 1.84. The van der Waals surface area contributed by atoms with Crippen LogP contribution >= 0.6 is 0 Å². The van der Waals surface area contributed by atoms with Crippen LogP contribution < -0.4 is 9.62 Å². The average molecular weight is 430 g/mol. The lowest BCUT2D eigenvalue weighted by Crippen LogP contribution is -2.27. The Hall–Kier alpha value is -3.26. The van der Waals surface area contributed by atoms with E-state index >= 15 is 0 Å². The quantitative estimate of drug-likeness (QED) is 0.640. The summed E-state index contributed by atoms with van der Waals surface area (Å²) in [5, 5.41) is 2.49. The van der Waals surface area contributed by atoms with Crippen molar-refractivity contribution in [1.29, 1.82) is 0 Å². The first kappa shape index (κ1) is 21.4. The zero-order valence-corrected chi connectivity index (χ0v) is 17.4. The van der Waals surface area contributed by atoms with Crippen LogP contribution in [0, 0.1) is 25.5 Å². The van der Waals surface area contributed by atoms with Crippen molar-refractivity contribution in [3.05, 3.63) is 89.0 Å². The van der Waals surface area contributed by atoms with Crippen molar-refractivity contribution < 1.29 is 22.0 Å². The number of hydrogen-bond donors (Lipinski definition) is 1. The maximum absolute atomic E-state index is 13.3. The molecule has 0 atom stereocenters. The van der Waals surface area contributed by atoms with Crippen LogP contribution in [0.5, 0.6) is 0 Å². The van der Waals surface area contributed by atoms with Crippen LogP contribution in [0.25, 0.3) is 0 Å². The molecule has 0 aromatic heterocycles. The maximum Gasteiger partial charge on any atom is 0.264 e. The molecule has 0 radical (unpaired) electrons. The number of aryl methyl sites for hydroxylation is 2. The van der Waals surface area contributed by atoms with Gasteiger partial charge in [-0.2, -0.15) is 0 Å². The Morgan fingerprint density at radius 3 is 2.17 bits per heavy atom. The fourth-order valence-electron chi connectivity index (χ4n) is 2.92. The summed E-state index contributed by atoms with van der Waals surface area (Å²) in [4.78, 5) is 12.6. The molecule has 3 rings (SSSR count). The molecule has 0 fully saturated rings. The lowest BCUT2D eigenvalue weighted by molar-refractivity contribution is 0.102. The van der Waals surface area contributed by atoms with Crippen LogP contribution in [-0.2, 0) is 10.0 Å². The predicted molar refractivity (Wildman–Crippen MR) is 112 cm³/mol. The predicted octanol–water partition coefficient (Wildman–Crippen LogP) is 4.66. The standard InChI is InChI=1S/C22H20F2N2O3S/c1-14-4-8-18(9-5-14)30(28,29)26(3)21-11-6-16(12-15(21)2)22(27)25-17-7-10-19(23)20(24)13-17/h4-13H,1-3H3,(H,25,27). The fraction of sp³-hybridized carbons (Fsp3) is 0.136. The maximum atomic E-state index is 13.3. The number of amides is 1. The molecule has 0 aliphatic rings. The average Bonchev–Trinajstić information content (AvgIpc) is 2.70. The number of carbonyl (C=O) groups is 1. The summed E-state index contributed by atoms with van der Waals surface area (Å²) in [7, 11) is -2.32. The van der Waals surface area contributed by atoms with Crippen LogP contribution in [0.1, 0.15) is 21.5 Å². The normalized spacial score (nSPS) is 11.2. The molecule has 0 aliphatic heterocycles. The third-order valence-corrected chi connectivity index (χ3v) is 6.44. The van der Waals surface area contributed by atoms with Crippen LogP contribution in [0.15, 0.2) is 65.6 Å². The van der Waals surface area contributed by atoms with Gasteiger partial charge in [0.05, 0.1) is 10.6 Å². The monoisotopic (exact) mass is 430 g/mol. The summed E-state index contributed by atoms with van der Waals surface area (Å²) in [6.07, 6.45) is 0. The largest absolute Gasteiger partial charge is 0.322 e. The highest BCUT2D eigenvalue weighted by Gasteiger charge is 2.23. The summed E-state index contributed by atoms with van der Waals surface area (Å²) in [5.74, 6) is -2.60. The minimum atomic E-state index is -3.77. The second-order valence-electron chi connectivity index (χ2n) is 6.87. The van der Waals surface area contributed by atoms with E-state index in [4.69, 9.17) is 0 Å². The second-order valence-corrected chi connectivity index (χ2v) is 8.84. The first-order chi connectivity index (χ1) is 14.1. The van der Waals surface area contributed by atoms with Crippen LogP contribution in [0.4, 0.5) is 20.2 Å². The van der Waals surface area contributed by atoms with E-state index in [1.54, 1.807) is 31.2 Å². The van der Waals surface area contributed by atoms with Gasteiger partial charge in [-0.15, -0.1) is 0 Å². The van der Waals surface area contributed by atoms with Gasteiger partial charge in [0.25, 0.3) is 15.9 Å². The van der Waals surface area contributed by atoms with E-state index in [9.17, 15) is 22.0 Å². The third-order valence-electron chi connectivity index (χ3n) is 4.66. The van der Waals surface area contributed by atoms with Gasteiger partial charge < -0.3 is 5.32 Å². The Morgan fingerprint density at radius 2 is 1.57 bits per heavy atom. The lowest BCUT2D eigenvalue weighted by atomic mass is 10.1. The molecule has 0 bridgehead atoms. The molecule has 30 heavy (non-hydrogen) atoms. The molecule has 0 spiro atoms. The van der Waals surface area contributed by atoms with E-state index in [1.165, 1.54) is 31.3 Å². The molecule has 0 saturated carbocycles. The molecule has 156 valence electrons. The molecule has 5 nitrogen and oxygen atoms in total. The topological polar surface area (TPSA) is 66.5 Å². The molecule has 3 aromatic rings. The smallest absolute Gasteiger partial charge is 0.264 e. The number of anilines is 2. The number of benzene rings is 3. The number of hydrogen-bond acceptors (Lipinski definition) is 3. The van der Waals surface area contributed by atoms with Crippen molar-refractivity contribution in [2.75, 3.05) is 16.7 Å². The first-order valence-electron chi connectivity index (χ1n) is 9.02. The van der Waals surface area contributed by atoms with E-state index < -0.39 is 27.6 Å². The van der Waals surface area contributed by atoms with Crippen LogP contribution in [0.2, 0.25) is 0 Å². The summed E-state index contributed by atoms with van der Waals surface area (Å²) < 4.78 is 53.3. The van der Waals surface area contributed by atoms with Gasteiger partial charge in [-0.05, 0) is 61.9 Å². The minimum absolute atomic E-state index is 0.111. The molecule has 8 heteroatoms. The second kappa shape index (κ2) is 8.23. The fourth-order valence-corrected chi connectivity index (χ4v) is 4.19. The molecular weight excluding hydrogens is 410 g/mol. The highest BCUT2D eigenvalue weighted by Crippen LogP contribution is 2.27. The molecule has 3 aromatic carbocycles. The van der Waals surface area contributed by atoms with Gasteiger partial charge in [-0.1, -0.05) is 17.7 Å². The zero-order chi connectivity index (χ0) is 22.1. The summed E-state index contributed by atoms with van der Waals surface area (Å²) in [6, 6.07) is 14.1. The third kappa shape index (κ3) is 4.33. The number of rotatable bonds is 5. The van der Waals surface area contributed by atoms with E-state index in [2.05, 4.69) is 5.32 Å². The van der Waals surface area contributed by atoms with Crippen LogP contribution in [0.3, 0.4) is 0 Å². The van der Waals surface area contributed by atoms with Gasteiger partial charge in [0, 0.05) is 24.4 Å². The van der Waals surface area contributed by atoms with Crippen molar-refractivity contribution in [3.63, 3.8) is 0 Å². The highest BCUT2D eigenvalue weighted by atomic mass is 32.2. The van der Waals surface area contributed by atoms with Crippen molar-refractivity contribution in [2.45, 2.75) is 18.7 Å². The van der Waals surface area contributed by atoms with E-state index in [1.807, 2.05) is 6.92 Å². The summed E-state index contributed by atoms with van der Waals surface area (Å²) in [5.41, 5.74) is 2.29. The number of sulfonamides is 1. The molecule has 0 heterocycles. The van der Waals surface area contributed by atoms with E-state index in [-0.39, 0.29) is 16.1 Å². The zero-order valence-electron chi connectivity index (χ0n) is 16.6. The van der Waals surface area contributed by atoms with Crippen molar-refractivity contribution in [1.82, 2.24) is 0 Å². The van der Waals surface area contributed by atoms with Gasteiger partial charge in [0.2, 0.25) is 0 Å². The van der Waals surface area contributed by atoms with Gasteiger partial charge in [-0.25, -0.2) is 17.2 Å². The number of carbonyl (C=O) groups excluding carboxylic acids is 1. The highest BCUT2D eigenvalue weighted by molar-refractivity contribution is 7.92. The summed E-state index contributed by atoms with van der Waals surface area (Å²) >= 11 is 0. The molecule has 0 saturated heterocycles. The Morgan fingerprint density at radius 1 is 0.900 bits per heavy atom. The Bertz CT molecular complexity index is 1210. The van der Waals surface area contributed by atoms with E-state index in [0.717, 1.165) is 22.0 Å². The van der Waals surface area contributed by atoms with Crippen molar-refractivity contribution in [3.8, 4) is 0 Å². The molecular formula is C22H20F2N2O3S. The van der Waals surface area contributed by atoms with Gasteiger partial charge in [0.1, 0.15) is 0 Å². The molecule has 1 amide bonds. The van der Waals surface area contributed by atoms with Crippen molar-refractivity contribution >= 4 is 27.3 Å². The molecule has 1 N–H and O–H groups in total. The minimum Gasteiger partial charge on any atom is -0.322 e. The van der Waals surface area contributed by atoms with Crippen molar-refractivity contribution in [2.24, 2.45) is 0 Å².